The van der Waals surface area contributed by atoms with E-state index in [4.69, 9.17) is 15.2 Å². The van der Waals surface area contributed by atoms with Gasteiger partial charge in [-0.25, -0.2) is 4.98 Å². The minimum Gasteiger partial charge on any atom is -0.480 e. The van der Waals surface area contributed by atoms with Crippen molar-refractivity contribution in [3.8, 4) is 5.88 Å². The molecule has 88 valence electrons. The summed E-state index contributed by atoms with van der Waals surface area (Å²) >= 11 is 0. The third-order valence-corrected chi connectivity index (χ3v) is 1.91. The van der Waals surface area contributed by atoms with Gasteiger partial charge in [0.1, 0.15) is 11.7 Å². The van der Waals surface area contributed by atoms with Crippen LogP contribution in [-0.2, 0) is 9.53 Å². The number of nitrogens with zero attached hydrogens (tertiary/aromatic N) is 1. The molecule has 0 fully saturated rings. The van der Waals surface area contributed by atoms with Crippen LogP contribution in [0, 0.1) is 0 Å². The molecule has 1 amide bonds. The minimum atomic E-state index is -0.713. The molecule has 0 spiro atoms. The number of hydrogen-bond acceptors (Lipinski definition) is 5. The van der Waals surface area contributed by atoms with E-state index in [0.717, 1.165) is 0 Å². The maximum absolute atomic E-state index is 11.6. The molecular formula is C10H15N3O3. The fourth-order valence-electron chi connectivity index (χ4n) is 1.13. The third-order valence-electron chi connectivity index (χ3n) is 1.91. The summed E-state index contributed by atoms with van der Waals surface area (Å²) in [7, 11) is 2.96. The van der Waals surface area contributed by atoms with Crippen LogP contribution in [0.3, 0.4) is 0 Å². The Balaban J connectivity index is 2.69. The highest BCUT2D eigenvalue weighted by molar-refractivity contribution is 5.95. The van der Waals surface area contributed by atoms with Crippen LogP contribution in [0.4, 0.5) is 5.69 Å². The van der Waals surface area contributed by atoms with E-state index < -0.39 is 6.04 Å². The van der Waals surface area contributed by atoms with Gasteiger partial charge in [0.2, 0.25) is 11.8 Å². The fraction of sp³-hybridized carbons (Fsp3) is 0.400. The van der Waals surface area contributed by atoms with Gasteiger partial charge in [0.15, 0.2) is 0 Å². The normalized spacial score (nSPS) is 11.9. The highest BCUT2D eigenvalue weighted by Gasteiger charge is 2.15. The van der Waals surface area contributed by atoms with Crippen LogP contribution in [0.1, 0.15) is 0 Å². The highest BCUT2D eigenvalue weighted by Crippen LogP contribution is 2.19. The van der Waals surface area contributed by atoms with Crippen molar-refractivity contribution in [1.29, 1.82) is 0 Å². The molecule has 16 heavy (non-hydrogen) atoms. The largest absolute Gasteiger partial charge is 0.480 e. The second kappa shape index (κ2) is 6.04. The van der Waals surface area contributed by atoms with Gasteiger partial charge in [-0.1, -0.05) is 0 Å². The Morgan fingerprint density at radius 1 is 1.62 bits per heavy atom. The lowest BCUT2D eigenvalue weighted by Crippen LogP contribution is -2.39. The van der Waals surface area contributed by atoms with Gasteiger partial charge in [0.05, 0.1) is 13.7 Å². The maximum Gasteiger partial charge on any atom is 0.243 e. The zero-order valence-electron chi connectivity index (χ0n) is 9.27. The number of rotatable bonds is 5. The van der Waals surface area contributed by atoms with Crippen LogP contribution < -0.4 is 15.8 Å². The molecule has 3 N–H and O–H groups in total. The molecule has 0 bridgehead atoms. The Bertz CT molecular complexity index is 357. The average Bonchev–Trinajstić information content (AvgIpc) is 2.30. The van der Waals surface area contributed by atoms with Crippen LogP contribution in [-0.4, -0.2) is 37.8 Å². The van der Waals surface area contributed by atoms with E-state index >= 15 is 0 Å². The number of hydrogen-bond donors (Lipinski definition) is 2. The quantitative estimate of drug-likeness (QED) is 0.736. The number of nitrogens with two attached hydrogens (primary N) is 1. The summed E-state index contributed by atoms with van der Waals surface area (Å²) in [6.07, 6.45) is 1.57. The van der Waals surface area contributed by atoms with Gasteiger partial charge in [-0.15, -0.1) is 0 Å². The van der Waals surface area contributed by atoms with Crippen molar-refractivity contribution in [3.05, 3.63) is 18.3 Å². The second-order valence-electron chi connectivity index (χ2n) is 3.11. The van der Waals surface area contributed by atoms with E-state index in [1.807, 2.05) is 0 Å². The van der Waals surface area contributed by atoms with Crippen LogP contribution >= 0.6 is 0 Å². The Kier molecular flexibility index (Phi) is 4.68. The van der Waals surface area contributed by atoms with Gasteiger partial charge < -0.3 is 20.5 Å². The van der Waals surface area contributed by atoms with Crippen LogP contribution in [0.5, 0.6) is 5.88 Å². The van der Waals surface area contributed by atoms with Crippen molar-refractivity contribution < 1.29 is 14.3 Å². The summed E-state index contributed by atoms with van der Waals surface area (Å²) in [6, 6.07) is 2.67. The minimum absolute atomic E-state index is 0.161. The maximum atomic E-state index is 11.6. The van der Waals surface area contributed by atoms with Gasteiger partial charge in [-0.3, -0.25) is 4.79 Å². The molecule has 1 aromatic rings. The lowest BCUT2D eigenvalue weighted by atomic mass is 10.3. The number of carbonyl (C=O) groups excluding carboxylic acids is 1. The van der Waals surface area contributed by atoms with E-state index in [1.165, 1.54) is 14.2 Å². The molecule has 6 heteroatoms. The van der Waals surface area contributed by atoms with E-state index in [2.05, 4.69) is 10.3 Å². The lowest BCUT2D eigenvalue weighted by molar-refractivity contribution is -0.118. The monoisotopic (exact) mass is 225 g/mol. The predicted octanol–water partition coefficient (Wildman–Crippen LogP) is 0.00240. The number of nitrogens with one attached hydrogen (secondary N) is 1. The SMILES string of the molecule is COCC(N)C(=O)Nc1cccnc1OC. The highest BCUT2D eigenvalue weighted by atomic mass is 16.5. The van der Waals surface area contributed by atoms with Gasteiger partial charge >= 0.3 is 0 Å². The first-order valence-corrected chi connectivity index (χ1v) is 4.73. The molecule has 0 saturated carbocycles. The molecular weight excluding hydrogens is 210 g/mol. The number of anilines is 1. The van der Waals surface area contributed by atoms with Gasteiger partial charge in [0.25, 0.3) is 0 Å². The molecule has 0 aliphatic heterocycles. The number of carbonyl (C=O) groups is 1. The fourth-order valence-corrected chi connectivity index (χ4v) is 1.13. The average molecular weight is 225 g/mol. The number of aromatic nitrogens is 1. The van der Waals surface area contributed by atoms with Crippen molar-refractivity contribution in [2.75, 3.05) is 26.1 Å². The van der Waals surface area contributed by atoms with Gasteiger partial charge in [0, 0.05) is 13.3 Å². The van der Waals surface area contributed by atoms with E-state index in [-0.39, 0.29) is 12.5 Å². The Morgan fingerprint density at radius 3 is 3.00 bits per heavy atom. The lowest BCUT2D eigenvalue weighted by Gasteiger charge is -2.12. The summed E-state index contributed by atoms with van der Waals surface area (Å²) in [6.45, 7) is 0.161. The zero-order chi connectivity index (χ0) is 12.0. The summed E-state index contributed by atoms with van der Waals surface area (Å²) in [4.78, 5) is 15.5. The van der Waals surface area contributed by atoms with Gasteiger partial charge in [-0.05, 0) is 12.1 Å². The van der Waals surface area contributed by atoms with Crippen molar-refractivity contribution in [2.45, 2.75) is 6.04 Å². The smallest absolute Gasteiger partial charge is 0.243 e. The van der Waals surface area contributed by atoms with Crippen molar-refractivity contribution in [2.24, 2.45) is 5.73 Å². The molecule has 0 aromatic carbocycles. The molecule has 1 atom stereocenters. The predicted molar refractivity (Wildman–Crippen MR) is 59.3 cm³/mol. The molecule has 1 heterocycles. The van der Waals surface area contributed by atoms with Crippen LogP contribution in [0.15, 0.2) is 18.3 Å². The number of methoxy groups -OCH3 is 2. The van der Waals surface area contributed by atoms with Crippen LogP contribution in [0.25, 0.3) is 0 Å². The zero-order valence-corrected chi connectivity index (χ0v) is 9.27. The van der Waals surface area contributed by atoms with Crippen molar-refractivity contribution in [1.82, 2.24) is 4.98 Å². The van der Waals surface area contributed by atoms with Crippen LogP contribution in [0.2, 0.25) is 0 Å². The van der Waals surface area contributed by atoms with E-state index in [0.29, 0.717) is 11.6 Å². The Labute approximate surface area is 93.8 Å². The number of pyridine rings is 1. The first-order chi connectivity index (χ1) is 7.69. The molecule has 1 rings (SSSR count). The first kappa shape index (κ1) is 12.4. The van der Waals surface area contributed by atoms with Crippen molar-refractivity contribution in [3.63, 3.8) is 0 Å². The van der Waals surface area contributed by atoms with E-state index in [9.17, 15) is 4.79 Å². The molecule has 6 nitrogen and oxygen atoms in total. The topological polar surface area (TPSA) is 86.5 Å². The van der Waals surface area contributed by atoms with Crippen molar-refractivity contribution >= 4 is 11.6 Å². The third kappa shape index (κ3) is 3.18. The summed E-state index contributed by atoms with van der Waals surface area (Å²) in [5.41, 5.74) is 6.06. The first-order valence-electron chi connectivity index (χ1n) is 4.73. The second-order valence-corrected chi connectivity index (χ2v) is 3.11. The van der Waals surface area contributed by atoms with Gasteiger partial charge in [-0.2, -0.15) is 0 Å². The Morgan fingerprint density at radius 2 is 2.38 bits per heavy atom. The molecule has 0 aliphatic carbocycles. The van der Waals surface area contributed by atoms with E-state index in [1.54, 1.807) is 18.3 Å². The molecule has 1 aromatic heterocycles. The molecule has 0 radical (unpaired) electrons. The number of ether oxygens (including phenoxy) is 2. The summed E-state index contributed by atoms with van der Waals surface area (Å²) < 4.78 is 9.77. The number of amides is 1. The Hall–Kier alpha value is -1.66. The summed E-state index contributed by atoms with van der Waals surface area (Å²) in [5, 5.41) is 2.61. The molecule has 0 aliphatic rings. The molecule has 0 saturated heterocycles. The standard InChI is InChI=1S/C10H15N3O3/c1-15-6-7(11)9(14)13-8-4-3-5-12-10(8)16-2/h3-5,7H,6,11H2,1-2H3,(H,13,14). The molecule has 1 unspecified atom stereocenters. The summed E-state index contributed by atoms with van der Waals surface area (Å²) in [5.74, 6) is 0.00798.